The molecule has 2 N–H and O–H groups in total. The van der Waals surface area contributed by atoms with E-state index in [0.29, 0.717) is 29.4 Å². The van der Waals surface area contributed by atoms with Crippen LogP contribution in [0.25, 0.3) is 33.4 Å². The van der Waals surface area contributed by atoms with Gasteiger partial charge in [0.2, 0.25) is 0 Å². The van der Waals surface area contributed by atoms with Crippen LogP contribution in [0.1, 0.15) is 38.1 Å². The number of rotatable bonds is 3. The average molecular weight is 415 g/mol. The summed E-state index contributed by atoms with van der Waals surface area (Å²) in [4.78, 5) is 0. The molecule has 2 unspecified atom stereocenters. The van der Waals surface area contributed by atoms with Crippen molar-refractivity contribution in [1.29, 1.82) is 0 Å². The van der Waals surface area contributed by atoms with Crippen LogP contribution in [0.5, 0.6) is 5.75 Å². The molecule has 1 aromatic carbocycles. The van der Waals surface area contributed by atoms with E-state index >= 15 is 0 Å². The summed E-state index contributed by atoms with van der Waals surface area (Å²) < 4.78 is 4.06. The van der Waals surface area contributed by atoms with Crippen LogP contribution in [0.15, 0.2) is 48.9 Å². The summed E-state index contributed by atoms with van der Waals surface area (Å²) in [7, 11) is 1.88. The van der Waals surface area contributed by atoms with Crippen molar-refractivity contribution < 1.29 is 5.11 Å². The second-order valence-corrected chi connectivity index (χ2v) is 8.98. The van der Waals surface area contributed by atoms with Gasteiger partial charge in [0.25, 0.3) is 0 Å². The van der Waals surface area contributed by atoms with Crippen molar-refractivity contribution in [1.82, 2.24) is 29.9 Å². The molecule has 0 aliphatic carbocycles. The second kappa shape index (κ2) is 7.20. The van der Waals surface area contributed by atoms with Gasteiger partial charge in [-0.1, -0.05) is 12.5 Å². The van der Waals surface area contributed by atoms with Gasteiger partial charge in [-0.05, 0) is 55.5 Å². The number of aromatic nitrogens is 5. The van der Waals surface area contributed by atoms with Gasteiger partial charge in [0.05, 0.1) is 11.9 Å². The van der Waals surface area contributed by atoms with Crippen molar-refractivity contribution in [3.63, 3.8) is 0 Å². The maximum Gasteiger partial charge on any atom is 0.162 e. The minimum Gasteiger partial charge on any atom is -0.507 e. The molecule has 2 aliphatic heterocycles. The van der Waals surface area contributed by atoms with Crippen LogP contribution in [0.2, 0.25) is 0 Å². The second-order valence-electron chi connectivity index (χ2n) is 8.98. The van der Waals surface area contributed by atoms with Crippen molar-refractivity contribution in [2.45, 2.75) is 50.2 Å². The third-order valence-electron chi connectivity index (χ3n) is 6.86. The smallest absolute Gasteiger partial charge is 0.162 e. The van der Waals surface area contributed by atoms with Crippen LogP contribution in [0.4, 0.5) is 0 Å². The van der Waals surface area contributed by atoms with Crippen LogP contribution >= 0.6 is 0 Å². The molecule has 6 rings (SSSR count). The Labute approximate surface area is 180 Å². The Morgan fingerprint density at radius 2 is 1.87 bits per heavy atom. The van der Waals surface area contributed by atoms with E-state index in [1.54, 1.807) is 16.9 Å². The molecule has 0 amide bonds. The van der Waals surface area contributed by atoms with Gasteiger partial charge < -0.3 is 15.0 Å². The molecule has 0 saturated carbocycles. The molecular formula is C24H26N6O. The Balaban J connectivity index is 1.31. The van der Waals surface area contributed by atoms with Gasteiger partial charge in [-0.15, -0.1) is 10.2 Å². The number of aromatic hydroxyl groups is 1. The monoisotopic (exact) mass is 414 g/mol. The highest BCUT2D eigenvalue weighted by Gasteiger charge is 2.32. The Kier molecular flexibility index (Phi) is 4.31. The summed E-state index contributed by atoms with van der Waals surface area (Å²) in [6.45, 7) is 0. The Morgan fingerprint density at radius 1 is 1.03 bits per heavy atom. The molecule has 3 atom stereocenters. The lowest BCUT2D eigenvalue weighted by Gasteiger charge is -2.40. The summed E-state index contributed by atoms with van der Waals surface area (Å²) in [5, 5.41) is 28.8. The van der Waals surface area contributed by atoms with Crippen LogP contribution in [0.3, 0.4) is 0 Å². The number of nitrogens with one attached hydrogen (secondary N) is 1. The van der Waals surface area contributed by atoms with Crippen molar-refractivity contribution in [2.24, 2.45) is 7.05 Å². The first-order valence-corrected chi connectivity index (χ1v) is 11.1. The number of piperidine rings is 2. The van der Waals surface area contributed by atoms with Gasteiger partial charge in [0.1, 0.15) is 5.75 Å². The maximum absolute atomic E-state index is 10.7. The average Bonchev–Trinajstić information content (AvgIpc) is 3.39. The van der Waals surface area contributed by atoms with Crippen molar-refractivity contribution in [3.05, 3.63) is 48.9 Å². The van der Waals surface area contributed by atoms with E-state index in [-0.39, 0.29) is 5.75 Å². The molecule has 7 nitrogen and oxygen atoms in total. The molecule has 2 aliphatic rings. The maximum atomic E-state index is 10.7. The highest BCUT2D eigenvalue weighted by atomic mass is 16.3. The highest BCUT2D eigenvalue weighted by molar-refractivity contribution is 5.82. The summed E-state index contributed by atoms with van der Waals surface area (Å²) >= 11 is 0. The lowest BCUT2D eigenvalue weighted by atomic mass is 9.84. The number of benzene rings is 1. The van der Waals surface area contributed by atoms with Crippen molar-refractivity contribution in [3.8, 4) is 28.1 Å². The van der Waals surface area contributed by atoms with Gasteiger partial charge in [0.15, 0.2) is 5.65 Å². The molecule has 5 heterocycles. The van der Waals surface area contributed by atoms with Gasteiger partial charge in [-0.3, -0.25) is 4.68 Å². The van der Waals surface area contributed by atoms with Gasteiger partial charge in [-0.2, -0.15) is 5.10 Å². The number of phenolic OH excluding ortho intramolecular Hbond substituents is 1. The fourth-order valence-corrected chi connectivity index (χ4v) is 5.34. The zero-order valence-corrected chi connectivity index (χ0v) is 17.6. The Morgan fingerprint density at radius 3 is 2.61 bits per heavy atom. The first-order chi connectivity index (χ1) is 15.1. The van der Waals surface area contributed by atoms with E-state index in [4.69, 9.17) is 0 Å². The minimum atomic E-state index is 0.195. The molecule has 158 valence electrons. The van der Waals surface area contributed by atoms with Crippen molar-refractivity contribution in [2.75, 3.05) is 0 Å². The topological polar surface area (TPSA) is 80.8 Å². The van der Waals surface area contributed by atoms with Crippen LogP contribution in [-0.2, 0) is 7.05 Å². The fraction of sp³-hybridized carbons (Fsp3) is 0.375. The van der Waals surface area contributed by atoms with E-state index in [0.717, 1.165) is 35.0 Å². The standard InChI is InChI=1S/C24H26N6O/c1-29-14-17(13-25-29)15-5-6-21(23(31)10-15)22-9-16-7-8-30(24(16)28-27-22)20-11-18-3-2-4-19(12-20)26-18/h5-10,13-14,18-20,26,31H,2-4,11-12H2,1H3/t18-,19?,20?/m0/s1. The molecule has 4 aromatic rings. The molecule has 2 fully saturated rings. The Hall–Kier alpha value is -3.19. The predicted molar refractivity (Wildman–Crippen MR) is 120 cm³/mol. The predicted octanol–water partition coefficient (Wildman–Crippen LogP) is 4.05. The molecule has 0 radical (unpaired) electrons. The number of hydrogen-bond donors (Lipinski definition) is 2. The molecule has 31 heavy (non-hydrogen) atoms. The molecule has 0 spiro atoms. The first kappa shape index (κ1) is 18.6. The van der Waals surface area contributed by atoms with E-state index in [1.165, 1.54) is 19.3 Å². The van der Waals surface area contributed by atoms with E-state index in [2.05, 4.69) is 37.4 Å². The Bertz CT molecular complexity index is 1250. The van der Waals surface area contributed by atoms with E-state index < -0.39 is 0 Å². The normalized spacial score (nSPS) is 23.3. The summed E-state index contributed by atoms with van der Waals surface area (Å²) in [6, 6.07) is 11.5. The number of nitrogens with zero attached hydrogens (tertiary/aromatic N) is 5. The van der Waals surface area contributed by atoms with Crippen molar-refractivity contribution >= 4 is 11.0 Å². The third kappa shape index (κ3) is 3.29. The largest absolute Gasteiger partial charge is 0.507 e. The third-order valence-corrected chi connectivity index (χ3v) is 6.86. The summed E-state index contributed by atoms with van der Waals surface area (Å²) in [5.74, 6) is 0.195. The van der Waals surface area contributed by atoms with E-state index in [1.807, 2.05) is 31.4 Å². The highest BCUT2D eigenvalue weighted by Crippen LogP contribution is 2.36. The summed E-state index contributed by atoms with van der Waals surface area (Å²) in [5.41, 5.74) is 4.19. The minimum absolute atomic E-state index is 0.195. The molecule has 7 heteroatoms. The fourth-order valence-electron chi connectivity index (χ4n) is 5.34. The van der Waals surface area contributed by atoms with Gasteiger partial charge in [-0.25, -0.2) is 0 Å². The molecular weight excluding hydrogens is 388 g/mol. The number of hydrogen-bond acceptors (Lipinski definition) is 5. The molecule has 3 aromatic heterocycles. The van der Waals surface area contributed by atoms with Crippen LogP contribution in [-0.4, -0.2) is 41.7 Å². The lowest BCUT2D eigenvalue weighted by molar-refractivity contribution is 0.190. The van der Waals surface area contributed by atoms with Crippen LogP contribution in [0, 0.1) is 0 Å². The zero-order chi connectivity index (χ0) is 20.9. The first-order valence-electron chi connectivity index (χ1n) is 11.1. The van der Waals surface area contributed by atoms with E-state index in [9.17, 15) is 5.11 Å². The summed E-state index contributed by atoms with van der Waals surface area (Å²) in [6.07, 6.45) is 12.1. The zero-order valence-electron chi connectivity index (χ0n) is 17.6. The van der Waals surface area contributed by atoms with Gasteiger partial charge >= 0.3 is 0 Å². The lowest BCUT2D eigenvalue weighted by Crippen LogP contribution is -2.48. The quantitative estimate of drug-likeness (QED) is 0.529. The molecule has 2 bridgehead atoms. The number of phenols is 1. The SMILES string of the molecule is Cn1cc(-c2ccc(-c3cc4ccn(C5CC6CCC[C@@H](C5)N6)c4nn3)c(O)c2)cn1. The van der Waals surface area contributed by atoms with Crippen LogP contribution < -0.4 is 5.32 Å². The molecule has 2 saturated heterocycles. The number of aryl methyl sites for hydroxylation is 1. The number of fused-ring (bicyclic) bond motifs is 3. The van der Waals surface area contributed by atoms with Gasteiger partial charge in [0, 0.05) is 54.1 Å².